The van der Waals surface area contributed by atoms with Gasteiger partial charge in [-0.2, -0.15) is 5.10 Å². The molecule has 0 aliphatic heterocycles. The number of hydrogen-bond donors (Lipinski definition) is 1. The van der Waals surface area contributed by atoms with E-state index in [0.717, 1.165) is 44.0 Å². The maximum Gasteiger partial charge on any atom is 0.263 e. The van der Waals surface area contributed by atoms with Gasteiger partial charge in [0.2, 0.25) is 0 Å². The molecule has 2 aromatic heterocycles. The van der Waals surface area contributed by atoms with E-state index in [0.29, 0.717) is 5.95 Å². The molecule has 5 rings (SSSR count). The summed E-state index contributed by atoms with van der Waals surface area (Å²) < 4.78 is 5.16. The second-order valence-corrected chi connectivity index (χ2v) is 6.42. The van der Waals surface area contributed by atoms with E-state index in [1.54, 1.807) is 19.5 Å². The smallest absolute Gasteiger partial charge is 0.263 e. The Morgan fingerprint density at radius 1 is 0.828 bits per heavy atom. The Hall–Kier alpha value is -4.13. The lowest BCUT2D eigenvalue weighted by atomic mass is 10.0. The fraction of sp³-hybridized carbons (Fsp3) is 0.0455. The Balaban J connectivity index is 1.55. The molecular formula is C22H16N6O. The van der Waals surface area contributed by atoms with E-state index in [1.165, 1.54) is 0 Å². The van der Waals surface area contributed by atoms with Crippen LogP contribution in [0, 0.1) is 0 Å². The number of benzene rings is 3. The highest BCUT2D eigenvalue weighted by molar-refractivity contribution is 6.21. The van der Waals surface area contributed by atoms with Gasteiger partial charge in [0, 0.05) is 22.4 Å². The lowest BCUT2D eigenvalue weighted by Gasteiger charge is -2.08. The van der Waals surface area contributed by atoms with Crippen LogP contribution in [-0.2, 0) is 0 Å². The Morgan fingerprint density at radius 2 is 1.59 bits per heavy atom. The zero-order valence-corrected chi connectivity index (χ0v) is 15.6. The van der Waals surface area contributed by atoms with Gasteiger partial charge in [-0.15, -0.1) is 10.2 Å². The highest BCUT2D eigenvalue weighted by Crippen LogP contribution is 2.31. The molecule has 7 heteroatoms. The molecule has 0 bridgehead atoms. The molecule has 0 saturated heterocycles. The van der Waals surface area contributed by atoms with Gasteiger partial charge in [0.15, 0.2) is 0 Å². The van der Waals surface area contributed by atoms with Crippen molar-refractivity contribution in [3.63, 3.8) is 0 Å². The van der Waals surface area contributed by atoms with Crippen LogP contribution in [0.3, 0.4) is 0 Å². The highest BCUT2D eigenvalue weighted by atomic mass is 16.5. The minimum absolute atomic E-state index is 0.322. The van der Waals surface area contributed by atoms with E-state index in [9.17, 15) is 0 Å². The molecule has 0 atom stereocenters. The molecule has 1 N–H and O–H groups in total. The number of pyridine rings is 1. The summed E-state index contributed by atoms with van der Waals surface area (Å²) in [7, 11) is 1.64. The van der Waals surface area contributed by atoms with Crippen LogP contribution in [0.4, 0.5) is 5.95 Å². The van der Waals surface area contributed by atoms with Crippen LogP contribution in [0.2, 0.25) is 0 Å². The van der Waals surface area contributed by atoms with Crippen molar-refractivity contribution in [2.75, 3.05) is 12.5 Å². The summed E-state index contributed by atoms with van der Waals surface area (Å²) in [5, 5.41) is 15.8. The van der Waals surface area contributed by atoms with Gasteiger partial charge in [-0.3, -0.25) is 4.98 Å². The molecule has 0 spiro atoms. The molecular weight excluding hydrogens is 364 g/mol. The van der Waals surface area contributed by atoms with Crippen molar-refractivity contribution in [3.8, 4) is 5.75 Å². The third kappa shape index (κ3) is 3.08. The number of nitrogens with zero attached hydrogens (tertiary/aromatic N) is 5. The molecule has 7 nitrogen and oxygen atoms in total. The van der Waals surface area contributed by atoms with E-state index in [-0.39, 0.29) is 0 Å². The monoisotopic (exact) mass is 380 g/mol. The molecule has 0 amide bonds. The maximum atomic E-state index is 5.16. The van der Waals surface area contributed by atoms with Crippen molar-refractivity contribution < 1.29 is 4.74 Å². The van der Waals surface area contributed by atoms with Gasteiger partial charge < -0.3 is 4.74 Å². The van der Waals surface area contributed by atoms with Crippen LogP contribution >= 0.6 is 0 Å². The average molecular weight is 380 g/mol. The molecule has 2 heterocycles. The van der Waals surface area contributed by atoms with Gasteiger partial charge in [0.05, 0.1) is 18.8 Å². The number of rotatable bonds is 4. The number of aromatic nitrogens is 4. The Labute approximate surface area is 166 Å². The normalized spacial score (nSPS) is 11.5. The first kappa shape index (κ1) is 17.0. The molecule has 140 valence electrons. The Morgan fingerprint density at radius 3 is 2.38 bits per heavy atom. The molecule has 0 unspecified atom stereocenters. The minimum Gasteiger partial charge on any atom is -0.497 e. The largest absolute Gasteiger partial charge is 0.497 e. The first-order valence-corrected chi connectivity index (χ1v) is 9.06. The molecule has 0 saturated carbocycles. The maximum absolute atomic E-state index is 5.16. The van der Waals surface area contributed by atoms with Crippen LogP contribution in [0.15, 0.2) is 72.0 Å². The van der Waals surface area contributed by atoms with Crippen LogP contribution in [0.25, 0.3) is 32.7 Å². The van der Waals surface area contributed by atoms with E-state index in [2.05, 4.69) is 30.7 Å². The quantitative estimate of drug-likeness (QED) is 0.286. The summed E-state index contributed by atoms with van der Waals surface area (Å²) in [6.07, 6.45) is 3.47. The number of fused-ring (bicyclic) bond motifs is 6. The number of ether oxygens (including phenoxy) is 1. The number of hydrogen-bond acceptors (Lipinski definition) is 7. The van der Waals surface area contributed by atoms with Gasteiger partial charge in [0.25, 0.3) is 5.95 Å². The third-order valence-electron chi connectivity index (χ3n) is 4.68. The zero-order valence-electron chi connectivity index (χ0n) is 15.6. The molecule has 0 aliphatic rings. The fourth-order valence-corrected chi connectivity index (χ4v) is 3.30. The van der Waals surface area contributed by atoms with Crippen LogP contribution in [0.5, 0.6) is 5.75 Å². The summed E-state index contributed by atoms with van der Waals surface area (Å²) in [6, 6.07) is 19.5. The summed E-state index contributed by atoms with van der Waals surface area (Å²) in [5.74, 6) is 1.12. The molecule has 0 radical (unpaired) electrons. The summed E-state index contributed by atoms with van der Waals surface area (Å²) in [4.78, 5) is 9.21. The zero-order chi connectivity index (χ0) is 19.6. The van der Waals surface area contributed by atoms with Gasteiger partial charge in [-0.05, 0) is 42.0 Å². The van der Waals surface area contributed by atoms with E-state index in [1.807, 2.05) is 60.7 Å². The molecule has 0 fully saturated rings. The summed E-state index contributed by atoms with van der Waals surface area (Å²) in [6.45, 7) is 0. The van der Waals surface area contributed by atoms with Crippen molar-refractivity contribution in [3.05, 3.63) is 72.4 Å². The second kappa shape index (κ2) is 7.12. The third-order valence-corrected chi connectivity index (χ3v) is 4.68. The summed E-state index contributed by atoms with van der Waals surface area (Å²) in [5.41, 5.74) is 6.16. The fourth-order valence-electron chi connectivity index (χ4n) is 3.30. The first-order chi connectivity index (χ1) is 14.3. The van der Waals surface area contributed by atoms with Crippen LogP contribution in [0.1, 0.15) is 5.56 Å². The number of methoxy groups -OCH3 is 1. The average Bonchev–Trinajstić information content (AvgIpc) is 2.80. The molecule has 0 aliphatic carbocycles. The Bertz CT molecular complexity index is 1330. The number of anilines is 1. The predicted molar refractivity (Wildman–Crippen MR) is 114 cm³/mol. The molecule has 5 aromatic rings. The van der Waals surface area contributed by atoms with Gasteiger partial charge in [0.1, 0.15) is 16.8 Å². The van der Waals surface area contributed by atoms with Crippen LogP contribution in [-0.4, -0.2) is 33.5 Å². The van der Waals surface area contributed by atoms with Gasteiger partial charge >= 0.3 is 0 Å². The van der Waals surface area contributed by atoms with Crippen molar-refractivity contribution in [1.82, 2.24) is 20.2 Å². The Kier molecular flexibility index (Phi) is 4.18. The van der Waals surface area contributed by atoms with E-state index in [4.69, 9.17) is 4.74 Å². The van der Waals surface area contributed by atoms with Crippen molar-refractivity contribution in [2.24, 2.45) is 5.10 Å². The number of nitrogens with one attached hydrogen (secondary N) is 1. The molecule has 29 heavy (non-hydrogen) atoms. The number of hydrazone groups is 1. The van der Waals surface area contributed by atoms with Gasteiger partial charge in [-0.1, -0.05) is 24.3 Å². The standard InChI is InChI=1S/C22H16N6O/c1-29-15-10-8-14(9-11-15)13-24-27-22-25-20-18-7-4-12-23-19(18)16-5-2-3-6-17(16)21(20)26-28-22/h2-13H,1H3,(H,25,27,28)/b24-13+. The van der Waals surface area contributed by atoms with Crippen LogP contribution < -0.4 is 10.2 Å². The highest BCUT2D eigenvalue weighted by Gasteiger charge is 2.12. The lowest BCUT2D eigenvalue weighted by Crippen LogP contribution is -2.00. The SMILES string of the molecule is COc1ccc(/C=N/Nc2nnc3c4ccccc4c4ncccc4c3n2)cc1. The minimum atomic E-state index is 0.322. The first-order valence-electron chi connectivity index (χ1n) is 9.06. The van der Waals surface area contributed by atoms with Crippen molar-refractivity contribution >= 4 is 44.9 Å². The van der Waals surface area contributed by atoms with E-state index < -0.39 is 0 Å². The topological polar surface area (TPSA) is 85.2 Å². The van der Waals surface area contributed by atoms with Crippen molar-refractivity contribution in [1.29, 1.82) is 0 Å². The lowest BCUT2D eigenvalue weighted by molar-refractivity contribution is 0.415. The predicted octanol–water partition coefficient (Wildman–Crippen LogP) is 4.18. The van der Waals surface area contributed by atoms with Gasteiger partial charge in [-0.25, -0.2) is 10.4 Å². The second-order valence-electron chi connectivity index (χ2n) is 6.42. The summed E-state index contributed by atoms with van der Waals surface area (Å²) >= 11 is 0. The van der Waals surface area contributed by atoms with Crippen molar-refractivity contribution in [2.45, 2.75) is 0 Å². The van der Waals surface area contributed by atoms with E-state index >= 15 is 0 Å². The molecule has 3 aromatic carbocycles.